The molecule has 3 aromatic rings. The number of hydrogen-bond acceptors (Lipinski definition) is 3. The Morgan fingerprint density at radius 2 is 1.57 bits per heavy atom. The van der Waals surface area contributed by atoms with Crippen LogP contribution in [0, 0.1) is 5.82 Å². The highest BCUT2D eigenvalue weighted by molar-refractivity contribution is 5.98. The van der Waals surface area contributed by atoms with Gasteiger partial charge >= 0.3 is 0 Å². The van der Waals surface area contributed by atoms with Crippen LogP contribution in [0.3, 0.4) is 0 Å². The van der Waals surface area contributed by atoms with Gasteiger partial charge in [0.15, 0.2) is 17.3 Å². The van der Waals surface area contributed by atoms with Crippen molar-refractivity contribution in [3.63, 3.8) is 0 Å². The molecule has 154 valence electrons. The second kappa shape index (κ2) is 9.83. The highest BCUT2D eigenvalue weighted by Gasteiger charge is 2.14. The Morgan fingerprint density at radius 1 is 0.900 bits per heavy atom. The molecular weight excluding hydrogens is 381 g/mol. The van der Waals surface area contributed by atoms with Crippen molar-refractivity contribution in [3.05, 3.63) is 89.7 Å². The number of benzene rings is 3. The molecule has 0 unspecified atom stereocenters. The summed E-state index contributed by atoms with van der Waals surface area (Å²) in [6.45, 7) is 0.264. The molecule has 0 radical (unpaired) electrons. The van der Waals surface area contributed by atoms with Crippen LogP contribution >= 0.6 is 0 Å². The molecule has 0 N–H and O–H groups in total. The van der Waals surface area contributed by atoms with E-state index in [9.17, 15) is 14.0 Å². The predicted octanol–water partition coefficient (Wildman–Crippen LogP) is 5.12. The lowest BCUT2D eigenvalue weighted by atomic mass is 10.0. The molecule has 0 aliphatic heterocycles. The maximum atomic E-state index is 13.8. The summed E-state index contributed by atoms with van der Waals surface area (Å²) in [5.41, 5.74) is 3.37. The predicted molar refractivity (Wildman–Crippen MR) is 115 cm³/mol. The summed E-state index contributed by atoms with van der Waals surface area (Å²) in [5.74, 6) is -0.547. The van der Waals surface area contributed by atoms with Crippen LogP contribution in [-0.4, -0.2) is 30.7 Å². The van der Waals surface area contributed by atoms with Gasteiger partial charge in [0.2, 0.25) is 5.91 Å². The molecule has 0 spiro atoms. The van der Waals surface area contributed by atoms with Crippen molar-refractivity contribution in [2.24, 2.45) is 0 Å². The van der Waals surface area contributed by atoms with Crippen LogP contribution in [-0.2, 0) is 11.3 Å². The molecule has 5 heteroatoms. The van der Waals surface area contributed by atoms with Crippen molar-refractivity contribution in [1.29, 1.82) is 0 Å². The van der Waals surface area contributed by atoms with Crippen molar-refractivity contribution < 1.29 is 18.7 Å². The summed E-state index contributed by atoms with van der Waals surface area (Å²) >= 11 is 0. The number of amides is 1. The lowest BCUT2D eigenvalue weighted by Gasteiger charge is -2.17. The summed E-state index contributed by atoms with van der Waals surface area (Å²) < 4.78 is 18.7. The van der Waals surface area contributed by atoms with E-state index in [4.69, 9.17) is 4.74 Å². The molecule has 0 heterocycles. The van der Waals surface area contributed by atoms with E-state index in [1.807, 2.05) is 42.5 Å². The summed E-state index contributed by atoms with van der Waals surface area (Å²) in [7, 11) is 3.05. The standard InChI is InChI=1S/C25H24FNO3/c1-27(17-18-8-14-24(30-2)22(26)16-18)25(29)15-13-23(28)21-11-9-20(10-12-21)19-6-4-3-5-7-19/h3-12,14,16H,13,15,17H2,1-2H3. The van der Waals surface area contributed by atoms with Crippen LogP contribution < -0.4 is 4.74 Å². The zero-order valence-electron chi connectivity index (χ0n) is 17.1. The Kier molecular flexibility index (Phi) is 6.96. The second-order valence-electron chi connectivity index (χ2n) is 7.09. The zero-order valence-corrected chi connectivity index (χ0v) is 17.1. The summed E-state index contributed by atoms with van der Waals surface area (Å²) in [4.78, 5) is 26.3. The minimum Gasteiger partial charge on any atom is -0.494 e. The molecule has 0 fully saturated rings. The van der Waals surface area contributed by atoms with Crippen LogP contribution in [0.1, 0.15) is 28.8 Å². The number of nitrogens with zero attached hydrogens (tertiary/aromatic N) is 1. The molecular formula is C25H24FNO3. The topological polar surface area (TPSA) is 46.6 Å². The van der Waals surface area contributed by atoms with E-state index >= 15 is 0 Å². The Bertz CT molecular complexity index is 1020. The van der Waals surface area contributed by atoms with Crippen molar-refractivity contribution in [3.8, 4) is 16.9 Å². The summed E-state index contributed by atoms with van der Waals surface area (Å²) in [6.07, 6.45) is 0.235. The molecule has 3 rings (SSSR count). The average Bonchev–Trinajstić information content (AvgIpc) is 2.78. The summed E-state index contributed by atoms with van der Waals surface area (Å²) in [6, 6.07) is 21.9. The van der Waals surface area contributed by atoms with Gasteiger partial charge in [0, 0.05) is 32.0 Å². The van der Waals surface area contributed by atoms with Crippen molar-refractivity contribution in [2.75, 3.05) is 14.2 Å². The molecule has 0 aromatic heterocycles. The minimum absolute atomic E-state index is 0.0770. The van der Waals surface area contributed by atoms with Gasteiger partial charge in [-0.2, -0.15) is 0 Å². The van der Waals surface area contributed by atoms with Gasteiger partial charge in [0.05, 0.1) is 7.11 Å². The Morgan fingerprint density at radius 3 is 2.20 bits per heavy atom. The molecule has 0 aliphatic rings. The van der Waals surface area contributed by atoms with E-state index in [0.29, 0.717) is 11.1 Å². The van der Waals surface area contributed by atoms with Crippen LogP contribution in [0.2, 0.25) is 0 Å². The number of ketones is 1. The number of Topliss-reactive ketones (excluding diaryl/α,β-unsaturated/α-hetero) is 1. The smallest absolute Gasteiger partial charge is 0.223 e. The summed E-state index contributed by atoms with van der Waals surface area (Å²) in [5, 5.41) is 0. The average molecular weight is 405 g/mol. The van der Waals surface area contributed by atoms with Crippen molar-refractivity contribution in [2.45, 2.75) is 19.4 Å². The fourth-order valence-corrected chi connectivity index (χ4v) is 3.21. The molecule has 0 atom stereocenters. The number of carbonyl (C=O) groups is 2. The fourth-order valence-electron chi connectivity index (χ4n) is 3.21. The van der Waals surface area contributed by atoms with Gasteiger partial charge in [-0.3, -0.25) is 9.59 Å². The molecule has 4 nitrogen and oxygen atoms in total. The van der Waals surface area contributed by atoms with E-state index in [-0.39, 0.29) is 36.8 Å². The largest absolute Gasteiger partial charge is 0.494 e. The number of ether oxygens (including phenoxy) is 1. The normalized spacial score (nSPS) is 10.5. The first kappa shape index (κ1) is 21.2. The van der Waals surface area contributed by atoms with Crippen molar-refractivity contribution in [1.82, 2.24) is 4.90 Å². The molecule has 0 bridgehead atoms. The van der Waals surface area contributed by atoms with E-state index in [0.717, 1.165) is 11.1 Å². The Balaban J connectivity index is 1.53. The van der Waals surface area contributed by atoms with Gasteiger partial charge in [0.25, 0.3) is 0 Å². The van der Waals surface area contributed by atoms with E-state index in [2.05, 4.69) is 0 Å². The lowest BCUT2D eigenvalue weighted by molar-refractivity contribution is -0.130. The van der Waals surface area contributed by atoms with E-state index in [1.165, 1.54) is 24.1 Å². The van der Waals surface area contributed by atoms with Crippen molar-refractivity contribution >= 4 is 11.7 Å². The van der Waals surface area contributed by atoms with Crippen LogP contribution in [0.25, 0.3) is 11.1 Å². The first-order valence-electron chi connectivity index (χ1n) is 9.73. The maximum Gasteiger partial charge on any atom is 0.223 e. The SMILES string of the molecule is COc1ccc(CN(C)C(=O)CCC(=O)c2ccc(-c3ccccc3)cc2)cc1F. The first-order valence-corrected chi connectivity index (χ1v) is 9.73. The fraction of sp³-hybridized carbons (Fsp3) is 0.200. The third-order valence-corrected chi connectivity index (χ3v) is 4.94. The number of halogens is 1. The number of methoxy groups -OCH3 is 1. The number of rotatable bonds is 8. The van der Waals surface area contributed by atoms with Gasteiger partial charge in [-0.15, -0.1) is 0 Å². The third-order valence-electron chi connectivity index (χ3n) is 4.94. The Hall–Kier alpha value is -3.47. The number of hydrogen-bond donors (Lipinski definition) is 0. The van der Waals surface area contributed by atoms with Gasteiger partial charge in [-0.1, -0.05) is 60.7 Å². The highest BCUT2D eigenvalue weighted by atomic mass is 19.1. The van der Waals surface area contributed by atoms with Gasteiger partial charge in [0.1, 0.15) is 0 Å². The van der Waals surface area contributed by atoms with E-state index < -0.39 is 5.82 Å². The van der Waals surface area contributed by atoms with Crippen LogP contribution in [0.15, 0.2) is 72.8 Å². The highest BCUT2D eigenvalue weighted by Crippen LogP contribution is 2.21. The number of carbonyl (C=O) groups excluding carboxylic acids is 2. The Labute approximate surface area is 175 Å². The first-order chi connectivity index (χ1) is 14.5. The molecule has 30 heavy (non-hydrogen) atoms. The van der Waals surface area contributed by atoms with Gasteiger partial charge in [-0.05, 0) is 28.8 Å². The van der Waals surface area contributed by atoms with E-state index in [1.54, 1.807) is 25.2 Å². The molecule has 0 saturated heterocycles. The van der Waals surface area contributed by atoms with Gasteiger partial charge in [-0.25, -0.2) is 4.39 Å². The van der Waals surface area contributed by atoms with Gasteiger partial charge < -0.3 is 9.64 Å². The minimum atomic E-state index is -0.468. The molecule has 0 saturated carbocycles. The monoisotopic (exact) mass is 405 g/mol. The lowest BCUT2D eigenvalue weighted by Crippen LogP contribution is -2.26. The zero-order chi connectivity index (χ0) is 21.5. The molecule has 3 aromatic carbocycles. The molecule has 1 amide bonds. The maximum absolute atomic E-state index is 13.8. The molecule has 0 aliphatic carbocycles. The quantitative estimate of drug-likeness (QED) is 0.489. The third kappa shape index (κ3) is 5.32. The van der Waals surface area contributed by atoms with Crippen LogP contribution in [0.5, 0.6) is 5.75 Å². The van der Waals surface area contributed by atoms with Crippen LogP contribution in [0.4, 0.5) is 4.39 Å². The second-order valence-corrected chi connectivity index (χ2v) is 7.09.